The van der Waals surface area contributed by atoms with Gasteiger partial charge in [0.1, 0.15) is 12.2 Å². The Bertz CT molecular complexity index is 1020. The first-order valence-electron chi connectivity index (χ1n) is 12.0. The van der Waals surface area contributed by atoms with Crippen LogP contribution < -0.4 is 11.1 Å². The number of rotatable bonds is 2. The van der Waals surface area contributed by atoms with Gasteiger partial charge >= 0.3 is 0 Å². The van der Waals surface area contributed by atoms with E-state index in [0.717, 1.165) is 6.08 Å². The van der Waals surface area contributed by atoms with E-state index in [9.17, 15) is 24.6 Å². The Labute approximate surface area is 212 Å². The molecule has 198 valence electrons. The molecule has 1 heterocycles. The molecule has 2 aliphatic rings. The number of carbonyl (C=O) groups is 3. The SMILES string of the molecule is CO[C@H]1/C=C\C=C(/C)C(=O)NC2=CC(=O)C(N)=C(C[C@@H](C)C[C@H](OC)[C@H](O)[C@@H](C)/C=C(\C)[C@@H]1O)C2=O. The van der Waals surface area contributed by atoms with E-state index in [1.165, 1.54) is 20.3 Å². The third kappa shape index (κ3) is 7.10. The van der Waals surface area contributed by atoms with Crippen LogP contribution in [0.5, 0.6) is 0 Å². The number of carbonyl (C=O) groups excluding carboxylic acids is 3. The number of nitrogens with two attached hydrogens (primary N) is 1. The first-order valence-corrected chi connectivity index (χ1v) is 12.0. The van der Waals surface area contributed by atoms with Crippen LogP contribution in [-0.4, -0.2) is 66.3 Å². The van der Waals surface area contributed by atoms with Crippen LogP contribution in [0.2, 0.25) is 0 Å². The van der Waals surface area contributed by atoms with E-state index in [1.54, 1.807) is 32.1 Å². The molecule has 0 aromatic heterocycles. The molecule has 1 aliphatic carbocycles. The van der Waals surface area contributed by atoms with Crippen LogP contribution in [0.3, 0.4) is 0 Å². The van der Waals surface area contributed by atoms with Gasteiger partial charge in [0, 0.05) is 37.4 Å². The van der Waals surface area contributed by atoms with Crippen molar-refractivity contribution in [3.63, 3.8) is 0 Å². The van der Waals surface area contributed by atoms with Crippen LogP contribution in [0.15, 0.2) is 58.5 Å². The van der Waals surface area contributed by atoms with E-state index < -0.39 is 41.9 Å². The topological polar surface area (TPSA) is 148 Å². The average Bonchev–Trinajstić information content (AvgIpc) is 2.84. The molecule has 5 N–H and O–H groups in total. The van der Waals surface area contributed by atoms with Crippen LogP contribution in [0.4, 0.5) is 0 Å². The van der Waals surface area contributed by atoms with Gasteiger partial charge in [-0.1, -0.05) is 38.2 Å². The van der Waals surface area contributed by atoms with Crippen molar-refractivity contribution in [3.8, 4) is 0 Å². The van der Waals surface area contributed by atoms with Gasteiger partial charge < -0.3 is 30.7 Å². The highest BCUT2D eigenvalue weighted by atomic mass is 16.5. The molecule has 0 spiro atoms. The summed E-state index contributed by atoms with van der Waals surface area (Å²) in [5, 5.41) is 24.3. The van der Waals surface area contributed by atoms with E-state index in [-0.39, 0.29) is 40.8 Å². The van der Waals surface area contributed by atoms with Crippen molar-refractivity contribution >= 4 is 17.5 Å². The van der Waals surface area contributed by atoms with Crippen LogP contribution in [0.25, 0.3) is 0 Å². The van der Waals surface area contributed by atoms with Gasteiger partial charge in [-0.25, -0.2) is 0 Å². The lowest BCUT2D eigenvalue weighted by Crippen LogP contribution is -2.36. The molecule has 0 aromatic carbocycles. The molecule has 0 saturated carbocycles. The highest BCUT2D eigenvalue weighted by molar-refractivity contribution is 6.23. The second-order valence-electron chi connectivity index (χ2n) is 9.56. The summed E-state index contributed by atoms with van der Waals surface area (Å²) < 4.78 is 11.0. The predicted molar refractivity (Wildman–Crippen MR) is 135 cm³/mol. The summed E-state index contributed by atoms with van der Waals surface area (Å²) in [4.78, 5) is 38.2. The molecule has 36 heavy (non-hydrogen) atoms. The molecule has 2 bridgehead atoms. The monoisotopic (exact) mass is 502 g/mol. The van der Waals surface area contributed by atoms with Crippen molar-refractivity contribution in [2.45, 2.75) is 65.0 Å². The maximum Gasteiger partial charge on any atom is 0.251 e. The van der Waals surface area contributed by atoms with Crippen LogP contribution in [0, 0.1) is 11.8 Å². The number of amides is 1. The lowest BCUT2D eigenvalue weighted by molar-refractivity contribution is -0.120. The highest BCUT2D eigenvalue weighted by Gasteiger charge is 2.32. The highest BCUT2D eigenvalue weighted by Crippen LogP contribution is 2.27. The molecule has 6 atom stereocenters. The molecule has 0 unspecified atom stereocenters. The summed E-state index contributed by atoms with van der Waals surface area (Å²) in [6.45, 7) is 7.00. The van der Waals surface area contributed by atoms with E-state index in [1.807, 2.05) is 13.8 Å². The molecular weight excluding hydrogens is 464 g/mol. The second-order valence-corrected chi connectivity index (χ2v) is 9.56. The minimum atomic E-state index is -0.978. The van der Waals surface area contributed by atoms with Crippen molar-refractivity contribution in [3.05, 3.63) is 58.5 Å². The molecule has 0 aromatic rings. The number of ether oxygens (including phenoxy) is 2. The first-order chi connectivity index (χ1) is 16.9. The molecule has 1 aliphatic heterocycles. The number of hydrogen-bond donors (Lipinski definition) is 4. The summed E-state index contributed by atoms with van der Waals surface area (Å²) in [6, 6.07) is 0. The van der Waals surface area contributed by atoms with E-state index in [4.69, 9.17) is 15.2 Å². The van der Waals surface area contributed by atoms with E-state index in [2.05, 4.69) is 5.32 Å². The van der Waals surface area contributed by atoms with Gasteiger partial charge in [-0.05, 0) is 38.2 Å². The second kappa shape index (κ2) is 12.9. The molecule has 2 rings (SSSR count). The number of methoxy groups -OCH3 is 2. The van der Waals surface area contributed by atoms with E-state index >= 15 is 0 Å². The number of aliphatic hydroxyl groups is 2. The standard InChI is InChI=1S/C27H38N2O7/c1-14-10-18-23(28)20(30)13-19(26(18)33)29-27(34)15(2)8-7-9-21(35-5)24(31)16(3)12-17(4)25(32)22(11-14)36-6/h7-9,12-14,17,21-22,24-25,31-32H,10-11,28H2,1-6H3,(H,29,34)/b9-7-,15-8+,16-12+/t14-,17+,21+,22+,24+,25-/m1/s1. The number of nitrogens with one attached hydrogen (secondary N) is 1. The average molecular weight is 503 g/mol. The number of hydrogen-bond acceptors (Lipinski definition) is 8. The van der Waals surface area contributed by atoms with Crippen molar-refractivity contribution < 1.29 is 34.1 Å². The molecule has 0 fully saturated rings. The maximum absolute atomic E-state index is 13.1. The van der Waals surface area contributed by atoms with Crippen molar-refractivity contribution in [1.29, 1.82) is 0 Å². The van der Waals surface area contributed by atoms with Gasteiger partial charge in [0.15, 0.2) is 0 Å². The Hall–Kier alpha value is -2.85. The zero-order chi connectivity index (χ0) is 27.2. The minimum absolute atomic E-state index is 0.129. The Morgan fingerprint density at radius 2 is 1.75 bits per heavy atom. The fourth-order valence-electron chi connectivity index (χ4n) is 4.34. The van der Waals surface area contributed by atoms with Gasteiger partial charge in [-0.2, -0.15) is 0 Å². The smallest absolute Gasteiger partial charge is 0.251 e. The largest absolute Gasteiger partial charge is 0.395 e. The zero-order valence-corrected chi connectivity index (χ0v) is 21.8. The zero-order valence-electron chi connectivity index (χ0n) is 21.8. The quantitative estimate of drug-likeness (QED) is 0.329. The molecule has 1 amide bonds. The summed E-state index contributed by atoms with van der Waals surface area (Å²) in [7, 11) is 2.95. The number of ketones is 2. The van der Waals surface area contributed by atoms with Crippen LogP contribution in [-0.2, 0) is 23.9 Å². The van der Waals surface area contributed by atoms with Gasteiger partial charge in [0.2, 0.25) is 11.6 Å². The van der Waals surface area contributed by atoms with Crippen molar-refractivity contribution in [1.82, 2.24) is 5.32 Å². The number of allylic oxidation sites excluding steroid dienone is 4. The fraction of sp³-hybridized carbons (Fsp3) is 0.519. The van der Waals surface area contributed by atoms with E-state index in [0.29, 0.717) is 12.0 Å². The molecule has 9 nitrogen and oxygen atoms in total. The Kier molecular flexibility index (Phi) is 10.5. The third-order valence-electron chi connectivity index (χ3n) is 6.62. The molecular formula is C27H38N2O7. The summed E-state index contributed by atoms with van der Waals surface area (Å²) >= 11 is 0. The molecule has 9 heteroatoms. The number of aliphatic hydroxyl groups excluding tert-OH is 2. The lowest BCUT2D eigenvalue weighted by atomic mass is 9.85. The third-order valence-corrected chi connectivity index (χ3v) is 6.62. The van der Waals surface area contributed by atoms with Crippen LogP contribution in [0.1, 0.15) is 40.5 Å². The Morgan fingerprint density at radius 1 is 1.08 bits per heavy atom. The van der Waals surface area contributed by atoms with Gasteiger partial charge in [0.05, 0.1) is 23.6 Å². The first kappa shape index (κ1) is 29.4. The fourth-order valence-corrected chi connectivity index (χ4v) is 4.34. The van der Waals surface area contributed by atoms with Gasteiger partial charge in [-0.3, -0.25) is 14.4 Å². The predicted octanol–water partition coefficient (Wildman–Crippen LogP) is 1.62. The normalized spacial score (nSPS) is 35.3. The molecule has 0 saturated heterocycles. The summed E-state index contributed by atoms with van der Waals surface area (Å²) in [5.41, 5.74) is 6.69. The van der Waals surface area contributed by atoms with Crippen molar-refractivity contribution in [2.24, 2.45) is 17.6 Å². The lowest BCUT2D eigenvalue weighted by Gasteiger charge is -2.29. The van der Waals surface area contributed by atoms with Crippen molar-refractivity contribution in [2.75, 3.05) is 14.2 Å². The number of Topliss-reactive ketones (excluding diaryl/α,β-unsaturated/α-hetero) is 1. The Balaban J connectivity index is 2.50. The summed E-state index contributed by atoms with van der Waals surface area (Å²) in [6.07, 6.45) is 4.89. The van der Waals surface area contributed by atoms with Crippen LogP contribution >= 0.6 is 0 Å². The molecule has 0 radical (unpaired) electrons. The maximum atomic E-state index is 13.1. The van der Waals surface area contributed by atoms with Gasteiger partial charge in [-0.15, -0.1) is 0 Å². The Morgan fingerprint density at radius 3 is 2.36 bits per heavy atom. The summed E-state index contributed by atoms with van der Waals surface area (Å²) in [5.74, 6) is -2.16. The minimum Gasteiger partial charge on any atom is -0.395 e. The van der Waals surface area contributed by atoms with Gasteiger partial charge in [0.25, 0.3) is 5.91 Å². The number of fused-ring (bicyclic) bond motifs is 2.